The minimum Gasteiger partial charge on any atom is -0.455 e. The lowest BCUT2D eigenvalue weighted by Gasteiger charge is -2.33. The number of fused-ring (bicyclic) bond motifs is 2. The van der Waals surface area contributed by atoms with E-state index in [0.29, 0.717) is 70.7 Å². The summed E-state index contributed by atoms with van der Waals surface area (Å²) < 4.78 is 48.9. The van der Waals surface area contributed by atoms with Gasteiger partial charge in [-0.3, -0.25) is 47.9 Å². The van der Waals surface area contributed by atoms with Crippen LogP contribution in [0.3, 0.4) is 0 Å². The number of piperidine rings is 2. The Morgan fingerprint density at radius 2 is 0.941 bits per heavy atom. The van der Waals surface area contributed by atoms with E-state index in [1.807, 2.05) is 20.8 Å². The molecule has 520 valence electrons. The predicted molar refractivity (Wildman–Crippen MR) is 369 cm³/mol. The Balaban J connectivity index is 0.000000205. The van der Waals surface area contributed by atoms with Crippen LogP contribution < -0.4 is 58.6 Å². The number of halogens is 2. The summed E-state index contributed by atoms with van der Waals surface area (Å²) in [6.07, 6.45) is 13.7. The van der Waals surface area contributed by atoms with Crippen LogP contribution in [0.15, 0.2) is 166 Å². The molecule has 0 unspecified atom stereocenters. The van der Waals surface area contributed by atoms with E-state index in [1.165, 1.54) is 88.9 Å². The van der Waals surface area contributed by atoms with Gasteiger partial charge in [-0.25, -0.2) is 52.2 Å². The molecule has 2 aliphatic rings. The van der Waals surface area contributed by atoms with Gasteiger partial charge >= 0.3 is 17.5 Å². The molecule has 8 aromatic heterocycles. The van der Waals surface area contributed by atoms with Crippen molar-refractivity contribution in [2.75, 3.05) is 36.8 Å². The summed E-state index contributed by atoms with van der Waals surface area (Å²) in [7, 11) is 0. The fourth-order valence-electron chi connectivity index (χ4n) is 11.0. The first-order valence-corrected chi connectivity index (χ1v) is 32.3. The van der Waals surface area contributed by atoms with E-state index in [9.17, 15) is 51.9 Å². The number of carbonyl (C=O) groups excluding carboxylic acids is 5. The van der Waals surface area contributed by atoms with Crippen molar-refractivity contribution in [2.24, 2.45) is 0 Å². The summed E-state index contributed by atoms with van der Waals surface area (Å²) in [5, 5.41) is 15.6. The summed E-state index contributed by atoms with van der Waals surface area (Å²) in [5.41, 5.74) is -2.64. The van der Waals surface area contributed by atoms with E-state index in [0.717, 1.165) is 59.3 Å². The number of likely N-dealkylation sites (tertiary alicyclic amines) is 1. The molecule has 0 bridgehead atoms. The van der Waals surface area contributed by atoms with Crippen molar-refractivity contribution in [1.82, 2.24) is 69.0 Å². The third-order valence-electron chi connectivity index (χ3n) is 16.2. The average Bonchev–Trinajstić information content (AvgIpc) is 0.783. The standard InChI is InChI=1S/C38H39FN8O7.C33H31FN8O5/c1-22(2)46-21-28(35(50)47(36(46)51)25-8-6-23(39)7-9-25)33(48)44-32-11-10-26(19-42-32)53-31-12-15-40-30-20-41-29(18-27(30)31)34(49)43-24-13-16-45(17-14-24)37(52)54-38(3,4)5;1-19(2)41-18-25(32(45)42(33(41)46)22-5-3-20(34)4-6-22)30(43)40-29-8-7-23(16-38-29)47-28-11-14-36-27-17-37-26(15-24(27)28)31(44)39-21-9-12-35-13-10-21/h6-12,15,18-22,24H,13-14,16-17H2,1-5H3,(H,43,49)(H,42,44,48);3-8,11,14-19,21,35H,9-10,12-13H2,1-2H3,(H,39,44)(H,38,40,43). The Bertz CT molecular complexity index is 5030. The maximum absolute atomic E-state index is 13.6. The van der Waals surface area contributed by atoms with Crippen LogP contribution >= 0.6 is 0 Å². The first-order valence-electron chi connectivity index (χ1n) is 32.3. The van der Waals surface area contributed by atoms with Crippen LogP contribution in [0.25, 0.3) is 33.2 Å². The van der Waals surface area contributed by atoms with E-state index < -0.39 is 57.6 Å². The molecule has 28 nitrogen and oxygen atoms in total. The molecule has 2 fully saturated rings. The van der Waals surface area contributed by atoms with Gasteiger partial charge in [-0.15, -0.1) is 0 Å². The molecule has 2 saturated heterocycles. The van der Waals surface area contributed by atoms with Crippen molar-refractivity contribution in [3.63, 3.8) is 0 Å². The summed E-state index contributed by atoms with van der Waals surface area (Å²) in [4.78, 5) is 145. The molecule has 0 spiro atoms. The highest BCUT2D eigenvalue weighted by molar-refractivity contribution is 6.04. The lowest BCUT2D eigenvalue weighted by Crippen LogP contribution is -2.47. The molecule has 30 heteroatoms. The maximum Gasteiger partial charge on any atom is 0.410 e. The minimum atomic E-state index is -0.878. The average molecular weight is 1380 g/mol. The molecule has 0 atom stereocenters. The van der Waals surface area contributed by atoms with Gasteiger partial charge < -0.3 is 45.7 Å². The van der Waals surface area contributed by atoms with Crippen LogP contribution in [-0.2, 0) is 4.74 Å². The third-order valence-corrected chi connectivity index (χ3v) is 16.2. The first-order chi connectivity index (χ1) is 48.3. The van der Waals surface area contributed by atoms with Crippen molar-refractivity contribution in [1.29, 1.82) is 0 Å². The zero-order valence-electron chi connectivity index (χ0n) is 55.9. The lowest BCUT2D eigenvalue weighted by molar-refractivity contribution is 0.0199. The molecular weight excluding hydrogens is 1310 g/mol. The number of hydrogen-bond donors (Lipinski definition) is 5. The molecule has 5 N–H and O–H groups in total. The van der Waals surface area contributed by atoms with E-state index in [1.54, 1.807) is 75.2 Å². The molecule has 2 aromatic carbocycles. The highest BCUT2D eigenvalue weighted by Crippen LogP contribution is 2.31. The maximum atomic E-state index is 13.6. The van der Waals surface area contributed by atoms with E-state index in [4.69, 9.17) is 14.2 Å². The van der Waals surface area contributed by atoms with Gasteiger partial charge in [0.15, 0.2) is 0 Å². The molecular formula is C71H70F2N16O12. The predicted octanol–water partition coefficient (Wildman–Crippen LogP) is 8.82. The number of anilines is 2. The number of amides is 5. The number of rotatable bonds is 16. The molecule has 10 aromatic rings. The number of benzene rings is 2. The van der Waals surface area contributed by atoms with E-state index in [2.05, 4.69) is 56.5 Å². The van der Waals surface area contributed by atoms with Crippen molar-refractivity contribution < 1.29 is 47.0 Å². The number of hydrogen-bond acceptors (Lipinski definition) is 19. The number of aromatic nitrogens is 10. The number of ether oxygens (including phenoxy) is 3. The largest absolute Gasteiger partial charge is 0.455 e. The van der Waals surface area contributed by atoms with Crippen LogP contribution in [0.4, 0.5) is 25.2 Å². The van der Waals surface area contributed by atoms with E-state index >= 15 is 0 Å². The normalized spacial score (nSPS) is 13.5. The van der Waals surface area contributed by atoms with Crippen molar-refractivity contribution in [3.8, 4) is 34.4 Å². The minimum absolute atomic E-state index is 0.0776. The SMILES string of the molecule is CC(C)n1cc(C(=O)Nc2ccc(Oc3ccnc4cnc(C(=O)NC5CCN(C(=O)OC(C)(C)C)CC5)cc34)cn2)c(=O)n(-c2ccc(F)cc2)c1=O.CC(C)n1cc(C(=O)Nc2ccc(Oc3ccnc4cnc(C(=O)NC5CCNCC5)cc34)cn2)c(=O)n(-c2ccc(F)cc2)c1=O. The fraction of sp³-hybridized carbons (Fsp3) is 0.282. The molecule has 10 heterocycles. The van der Waals surface area contributed by atoms with Crippen LogP contribution in [0.1, 0.15) is 128 Å². The molecule has 0 aliphatic carbocycles. The first kappa shape index (κ1) is 70.1. The van der Waals surface area contributed by atoms with Gasteiger partial charge in [0, 0.05) is 72.8 Å². The van der Waals surface area contributed by atoms with Gasteiger partial charge in [-0.05, 0) is 184 Å². The van der Waals surface area contributed by atoms with Crippen LogP contribution in [0, 0.1) is 11.6 Å². The monoisotopic (exact) mass is 1380 g/mol. The van der Waals surface area contributed by atoms with Gasteiger partial charge in [0.2, 0.25) is 0 Å². The second-order valence-corrected chi connectivity index (χ2v) is 25.3. The molecule has 0 radical (unpaired) electrons. The van der Waals surface area contributed by atoms with Crippen molar-refractivity contribution in [2.45, 2.75) is 104 Å². The molecule has 0 saturated carbocycles. The molecule has 5 amide bonds. The summed E-state index contributed by atoms with van der Waals surface area (Å²) in [6, 6.07) is 21.4. The van der Waals surface area contributed by atoms with E-state index in [-0.39, 0.29) is 81.6 Å². The molecule has 12 rings (SSSR count). The second kappa shape index (κ2) is 30.3. The quantitative estimate of drug-likeness (QED) is 0.0603. The highest BCUT2D eigenvalue weighted by atomic mass is 19.1. The molecule has 2 aliphatic heterocycles. The van der Waals surface area contributed by atoms with Gasteiger partial charge in [-0.2, -0.15) is 0 Å². The zero-order chi connectivity index (χ0) is 71.8. The van der Waals surface area contributed by atoms with Gasteiger partial charge in [0.25, 0.3) is 34.7 Å². The van der Waals surface area contributed by atoms with Crippen LogP contribution in [0.5, 0.6) is 23.0 Å². The Hall–Kier alpha value is -12.2. The molecule has 101 heavy (non-hydrogen) atoms. The zero-order valence-corrected chi connectivity index (χ0v) is 55.9. The summed E-state index contributed by atoms with van der Waals surface area (Å²) in [5.74, 6) is -1.68. The summed E-state index contributed by atoms with van der Waals surface area (Å²) >= 11 is 0. The third kappa shape index (κ3) is 16.7. The Morgan fingerprint density at radius 1 is 0.525 bits per heavy atom. The fourth-order valence-corrected chi connectivity index (χ4v) is 11.0. The Kier molecular flexibility index (Phi) is 21.0. The van der Waals surface area contributed by atoms with Crippen molar-refractivity contribution in [3.05, 3.63) is 222 Å². The Labute approximate surface area is 574 Å². The van der Waals surface area contributed by atoms with Crippen molar-refractivity contribution >= 4 is 63.2 Å². The highest BCUT2D eigenvalue weighted by Gasteiger charge is 2.29. The number of nitrogens with zero attached hydrogens (tertiary/aromatic N) is 11. The Morgan fingerprint density at radius 3 is 1.33 bits per heavy atom. The van der Waals surface area contributed by atoms with Gasteiger partial charge in [0.05, 0.1) is 47.2 Å². The topological polar surface area (TPSA) is 342 Å². The number of pyridine rings is 6. The van der Waals surface area contributed by atoms with Crippen LogP contribution in [-0.4, -0.2) is 127 Å². The summed E-state index contributed by atoms with van der Waals surface area (Å²) in [6.45, 7) is 15.0. The number of nitrogens with one attached hydrogen (secondary N) is 5. The number of carbonyl (C=O) groups is 5. The van der Waals surface area contributed by atoms with Crippen LogP contribution in [0.2, 0.25) is 0 Å². The second-order valence-electron chi connectivity index (χ2n) is 25.3. The van der Waals surface area contributed by atoms with Gasteiger partial charge in [0.1, 0.15) is 74.4 Å². The smallest absolute Gasteiger partial charge is 0.410 e. The van der Waals surface area contributed by atoms with Gasteiger partial charge in [-0.1, -0.05) is 0 Å². The lowest BCUT2D eigenvalue weighted by atomic mass is 10.0.